The minimum Gasteiger partial charge on any atom is -0.361 e. The van der Waals surface area contributed by atoms with Crippen LogP contribution in [0.2, 0.25) is 0 Å². The lowest BCUT2D eigenvalue weighted by molar-refractivity contribution is -0.385. The van der Waals surface area contributed by atoms with Gasteiger partial charge in [-0.15, -0.1) is 0 Å². The summed E-state index contributed by atoms with van der Waals surface area (Å²) in [4.78, 5) is 13.7. The smallest absolute Gasteiger partial charge is 0.270 e. The lowest BCUT2D eigenvalue weighted by atomic mass is 10.1. The summed E-state index contributed by atoms with van der Waals surface area (Å²) in [5.74, 6) is 0. The number of hydrogen-bond acceptors (Lipinski definition) is 5. The largest absolute Gasteiger partial charge is 0.361 e. The van der Waals surface area contributed by atoms with E-state index in [2.05, 4.69) is 10.1 Å². The molecule has 2 heterocycles. The molecule has 2 aromatic carbocycles. The molecule has 0 atom stereocenters. The van der Waals surface area contributed by atoms with Gasteiger partial charge in [-0.05, 0) is 37.1 Å². The Morgan fingerprint density at radius 3 is 2.72 bits per heavy atom. The summed E-state index contributed by atoms with van der Waals surface area (Å²) in [6.45, 7) is 2.89. The molecule has 10 heteroatoms. The second-order valence-corrected chi connectivity index (χ2v) is 9.30. The molecule has 0 saturated heterocycles. The van der Waals surface area contributed by atoms with E-state index in [0.717, 1.165) is 22.5 Å². The van der Waals surface area contributed by atoms with E-state index in [1.54, 1.807) is 16.9 Å². The van der Waals surface area contributed by atoms with Gasteiger partial charge in [-0.25, -0.2) is 8.42 Å². The van der Waals surface area contributed by atoms with Crippen LogP contribution in [0.4, 0.5) is 5.69 Å². The predicted octanol–water partition coefficient (Wildman–Crippen LogP) is 3.73. The number of H-pyrrole nitrogens is 1. The Hall–Kier alpha value is -3.50. The maximum Gasteiger partial charge on any atom is 0.270 e. The minimum absolute atomic E-state index is 0.0698. The Labute approximate surface area is 185 Å². The molecule has 9 nitrogen and oxygen atoms in total. The first-order valence-corrected chi connectivity index (χ1v) is 11.6. The molecule has 0 amide bonds. The molecular weight excluding hydrogens is 430 g/mol. The van der Waals surface area contributed by atoms with Crippen LogP contribution < -0.4 is 0 Å². The van der Waals surface area contributed by atoms with Gasteiger partial charge in [0.2, 0.25) is 10.0 Å². The van der Waals surface area contributed by atoms with Crippen molar-refractivity contribution in [1.29, 1.82) is 0 Å². The van der Waals surface area contributed by atoms with Crippen LogP contribution in [-0.2, 0) is 29.5 Å². The predicted molar refractivity (Wildman–Crippen MR) is 121 cm³/mol. The zero-order valence-electron chi connectivity index (χ0n) is 17.5. The van der Waals surface area contributed by atoms with Crippen molar-refractivity contribution in [3.63, 3.8) is 0 Å². The molecule has 0 spiro atoms. The number of rotatable bonds is 9. The third kappa shape index (κ3) is 4.41. The van der Waals surface area contributed by atoms with E-state index in [1.807, 2.05) is 37.4 Å². The van der Waals surface area contributed by atoms with Gasteiger partial charge < -0.3 is 4.98 Å². The third-order valence-electron chi connectivity index (χ3n) is 5.33. The van der Waals surface area contributed by atoms with Gasteiger partial charge in [-0.1, -0.05) is 24.3 Å². The van der Waals surface area contributed by atoms with E-state index in [0.29, 0.717) is 18.7 Å². The van der Waals surface area contributed by atoms with Crippen molar-refractivity contribution in [1.82, 2.24) is 19.1 Å². The molecule has 4 rings (SSSR count). The van der Waals surface area contributed by atoms with Gasteiger partial charge in [-0.3, -0.25) is 14.8 Å². The summed E-state index contributed by atoms with van der Waals surface area (Å²) in [6, 6.07) is 14.8. The van der Waals surface area contributed by atoms with Crippen molar-refractivity contribution in [2.45, 2.75) is 31.3 Å². The second kappa shape index (κ2) is 8.93. The van der Waals surface area contributed by atoms with Gasteiger partial charge in [0.1, 0.15) is 0 Å². The first-order chi connectivity index (χ1) is 15.4. The van der Waals surface area contributed by atoms with Crippen LogP contribution in [0.1, 0.15) is 18.2 Å². The molecule has 0 saturated carbocycles. The standard InChI is InChI=1S/C22H23N5O4S/c1-2-25-12-11-18(24-25)16-26(13-10-17-15-23-22-9-4-3-8-21(17)22)32(30,31)20-7-5-6-19(14-20)27(28)29/h3-9,11-12,14-15,23H,2,10,13,16H2,1H3. The van der Waals surface area contributed by atoms with Gasteiger partial charge in [0.25, 0.3) is 5.69 Å². The fourth-order valence-corrected chi connectivity index (χ4v) is 5.07. The highest BCUT2D eigenvalue weighted by molar-refractivity contribution is 7.89. The van der Waals surface area contributed by atoms with Gasteiger partial charge in [0.15, 0.2) is 0 Å². The van der Waals surface area contributed by atoms with Gasteiger partial charge in [0.05, 0.1) is 22.1 Å². The number of nitro benzene ring substituents is 1. The highest BCUT2D eigenvalue weighted by Gasteiger charge is 2.27. The van der Waals surface area contributed by atoms with Crippen molar-refractivity contribution in [3.05, 3.63) is 88.4 Å². The molecule has 32 heavy (non-hydrogen) atoms. The quantitative estimate of drug-likeness (QED) is 0.306. The molecule has 1 N–H and O–H groups in total. The Kier molecular flexibility index (Phi) is 6.06. The van der Waals surface area contributed by atoms with Crippen molar-refractivity contribution in [3.8, 4) is 0 Å². The molecule has 0 bridgehead atoms. The molecule has 166 valence electrons. The van der Waals surface area contributed by atoms with Crippen LogP contribution in [0, 0.1) is 10.1 Å². The lowest BCUT2D eigenvalue weighted by Gasteiger charge is -2.21. The number of fused-ring (bicyclic) bond motifs is 1. The van der Waals surface area contributed by atoms with Crippen LogP contribution in [0.5, 0.6) is 0 Å². The summed E-state index contributed by atoms with van der Waals surface area (Å²) < 4.78 is 30.0. The monoisotopic (exact) mass is 453 g/mol. The number of sulfonamides is 1. The SMILES string of the molecule is CCn1ccc(CN(CCc2c[nH]c3ccccc23)S(=O)(=O)c2cccc([N+](=O)[O-])c2)n1. The Morgan fingerprint density at radius 1 is 1.16 bits per heavy atom. The Balaban J connectivity index is 1.66. The third-order valence-corrected chi connectivity index (χ3v) is 7.17. The van der Waals surface area contributed by atoms with Crippen LogP contribution >= 0.6 is 0 Å². The van der Waals surface area contributed by atoms with E-state index in [9.17, 15) is 18.5 Å². The second-order valence-electron chi connectivity index (χ2n) is 7.37. The van der Waals surface area contributed by atoms with Crippen LogP contribution in [0.3, 0.4) is 0 Å². The highest BCUT2D eigenvalue weighted by atomic mass is 32.2. The van der Waals surface area contributed by atoms with E-state index >= 15 is 0 Å². The lowest BCUT2D eigenvalue weighted by Crippen LogP contribution is -2.33. The Morgan fingerprint density at radius 2 is 1.97 bits per heavy atom. The number of aromatic nitrogens is 3. The molecule has 0 aliphatic heterocycles. The highest BCUT2D eigenvalue weighted by Crippen LogP contribution is 2.24. The normalized spacial score (nSPS) is 11.9. The zero-order valence-corrected chi connectivity index (χ0v) is 18.3. The summed E-state index contributed by atoms with van der Waals surface area (Å²) in [7, 11) is -3.99. The number of benzene rings is 2. The van der Waals surface area contributed by atoms with E-state index in [-0.39, 0.29) is 23.7 Å². The number of nitrogens with one attached hydrogen (secondary N) is 1. The van der Waals surface area contributed by atoms with Crippen LogP contribution in [0.15, 0.2) is 71.9 Å². The number of para-hydroxylation sites is 1. The number of non-ortho nitro benzene ring substituents is 1. The molecule has 0 aliphatic carbocycles. The fourth-order valence-electron chi connectivity index (χ4n) is 3.62. The molecule has 0 unspecified atom stereocenters. The van der Waals surface area contributed by atoms with Crippen LogP contribution in [0.25, 0.3) is 10.9 Å². The van der Waals surface area contributed by atoms with E-state index in [4.69, 9.17) is 0 Å². The number of aromatic amines is 1. The molecule has 0 aliphatic rings. The molecule has 4 aromatic rings. The topological polar surface area (TPSA) is 114 Å². The molecule has 2 aromatic heterocycles. The maximum atomic E-state index is 13.5. The Bertz CT molecular complexity index is 1360. The summed E-state index contributed by atoms with van der Waals surface area (Å²) in [5, 5.41) is 16.6. The molecule has 0 radical (unpaired) electrons. The molecular formula is C22H23N5O4S. The average molecular weight is 454 g/mol. The van der Waals surface area contributed by atoms with Crippen LogP contribution in [-0.4, -0.2) is 39.0 Å². The number of nitrogens with zero attached hydrogens (tertiary/aromatic N) is 4. The summed E-state index contributed by atoms with van der Waals surface area (Å²) in [6.07, 6.45) is 4.16. The minimum atomic E-state index is -3.99. The van der Waals surface area contributed by atoms with Gasteiger partial charge in [-0.2, -0.15) is 9.40 Å². The van der Waals surface area contributed by atoms with Crippen molar-refractivity contribution >= 4 is 26.6 Å². The van der Waals surface area contributed by atoms with Gasteiger partial charge >= 0.3 is 0 Å². The first kappa shape index (κ1) is 21.7. The maximum absolute atomic E-state index is 13.5. The zero-order chi connectivity index (χ0) is 22.7. The average Bonchev–Trinajstić information content (AvgIpc) is 3.43. The number of nitro groups is 1. The number of hydrogen-bond donors (Lipinski definition) is 1. The number of aryl methyl sites for hydroxylation is 1. The molecule has 0 fully saturated rings. The summed E-state index contributed by atoms with van der Waals surface area (Å²) in [5.41, 5.74) is 2.33. The van der Waals surface area contributed by atoms with Crippen molar-refractivity contribution < 1.29 is 13.3 Å². The van der Waals surface area contributed by atoms with Crippen molar-refractivity contribution in [2.75, 3.05) is 6.54 Å². The van der Waals surface area contributed by atoms with E-state index in [1.165, 1.54) is 22.5 Å². The fraction of sp³-hybridized carbons (Fsp3) is 0.227. The van der Waals surface area contributed by atoms with E-state index < -0.39 is 14.9 Å². The summed E-state index contributed by atoms with van der Waals surface area (Å²) >= 11 is 0. The first-order valence-electron chi connectivity index (χ1n) is 10.2. The van der Waals surface area contributed by atoms with Crippen molar-refractivity contribution in [2.24, 2.45) is 0 Å². The van der Waals surface area contributed by atoms with Gasteiger partial charge in [0, 0.05) is 48.5 Å².